The first-order valence-corrected chi connectivity index (χ1v) is 7.35. The fraction of sp³-hybridized carbons (Fsp3) is 0.438. The van der Waals surface area contributed by atoms with Crippen LogP contribution in [0.15, 0.2) is 36.5 Å². The standard InChI is InChI=1S/C16H22N4O/c1-12(2)9-10-13(3)18-16(21)15-11-17-20(19-15)14-7-5-4-6-8-14/h4-8,11-13H,9-10H2,1-3H3,(H,18,21). The highest BCUT2D eigenvalue weighted by molar-refractivity contribution is 5.92. The largest absolute Gasteiger partial charge is 0.348 e. The molecule has 0 aliphatic carbocycles. The molecular formula is C16H22N4O. The van der Waals surface area contributed by atoms with Crippen molar-refractivity contribution in [1.82, 2.24) is 20.3 Å². The van der Waals surface area contributed by atoms with Gasteiger partial charge < -0.3 is 5.32 Å². The Labute approximate surface area is 125 Å². The highest BCUT2D eigenvalue weighted by atomic mass is 16.2. The molecule has 5 heteroatoms. The topological polar surface area (TPSA) is 59.8 Å². The van der Waals surface area contributed by atoms with Crippen molar-refractivity contribution in [2.45, 2.75) is 39.7 Å². The monoisotopic (exact) mass is 286 g/mol. The van der Waals surface area contributed by atoms with Gasteiger partial charge in [-0.15, -0.1) is 5.10 Å². The molecule has 1 unspecified atom stereocenters. The molecule has 0 aliphatic heterocycles. The maximum atomic E-state index is 12.1. The lowest BCUT2D eigenvalue weighted by molar-refractivity contribution is 0.0931. The van der Waals surface area contributed by atoms with Crippen LogP contribution in [0.25, 0.3) is 5.69 Å². The average molecular weight is 286 g/mol. The normalized spacial score (nSPS) is 12.4. The van der Waals surface area contributed by atoms with E-state index in [2.05, 4.69) is 29.4 Å². The summed E-state index contributed by atoms with van der Waals surface area (Å²) < 4.78 is 0. The summed E-state index contributed by atoms with van der Waals surface area (Å²) in [5.74, 6) is 0.469. The Morgan fingerprint density at radius 3 is 2.57 bits per heavy atom. The van der Waals surface area contributed by atoms with E-state index < -0.39 is 0 Å². The van der Waals surface area contributed by atoms with Crippen LogP contribution in [0.5, 0.6) is 0 Å². The number of hydrogen-bond donors (Lipinski definition) is 1. The molecule has 1 heterocycles. The van der Waals surface area contributed by atoms with Crippen molar-refractivity contribution in [3.63, 3.8) is 0 Å². The van der Waals surface area contributed by atoms with E-state index in [4.69, 9.17) is 0 Å². The van der Waals surface area contributed by atoms with Crippen LogP contribution in [0.4, 0.5) is 0 Å². The summed E-state index contributed by atoms with van der Waals surface area (Å²) in [6.45, 7) is 6.38. The van der Waals surface area contributed by atoms with Gasteiger partial charge in [-0.1, -0.05) is 32.0 Å². The third-order valence-electron chi connectivity index (χ3n) is 3.27. The van der Waals surface area contributed by atoms with Gasteiger partial charge in [-0.05, 0) is 37.8 Å². The molecule has 0 bridgehead atoms. The Morgan fingerprint density at radius 2 is 1.90 bits per heavy atom. The van der Waals surface area contributed by atoms with Gasteiger partial charge in [-0.2, -0.15) is 9.90 Å². The summed E-state index contributed by atoms with van der Waals surface area (Å²) in [4.78, 5) is 13.6. The lowest BCUT2D eigenvalue weighted by Crippen LogP contribution is -2.33. The lowest BCUT2D eigenvalue weighted by atomic mass is 10.0. The summed E-state index contributed by atoms with van der Waals surface area (Å²) in [5.41, 5.74) is 1.18. The predicted molar refractivity (Wildman–Crippen MR) is 82.4 cm³/mol. The molecule has 112 valence electrons. The van der Waals surface area contributed by atoms with E-state index in [1.165, 1.54) is 11.0 Å². The van der Waals surface area contributed by atoms with Crippen LogP contribution in [0.1, 0.15) is 44.1 Å². The molecule has 1 atom stereocenters. The number of carbonyl (C=O) groups excluding carboxylic acids is 1. The van der Waals surface area contributed by atoms with Crippen molar-refractivity contribution < 1.29 is 4.79 Å². The van der Waals surface area contributed by atoms with Crippen LogP contribution in [-0.2, 0) is 0 Å². The highest BCUT2D eigenvalue weighted by Crippen LogP contribution is 2.08. The quantitative estimate of drug-likeness (QED) is 0.888. The van der Waals surface area contributed by atoms with E-state index in [9.17, 15) is 4.79 Å². The number of nitrogens with one attached hydrogen (secondary N) is 1. The van der Waals surface area contributed by atoms with Gasteiger partial charge in [0.25, 0.3) is 5.91 Å². The van der Waals surface area contributed by atoms with Gasteiger partial charge >= 0.3 is 0 Å². The maximum Gasteiger partial charge on any atom is 0.273 e. The Kier molecular flexibility index (Phi) is 5.09. The molecule has 1 aromatic carbocycles. The van der Waals surface area contributed by atoms with Crippen molar-refractivity contribution in [2.24, 2.45) is 5.92 Å². The summed E-state index contributed by atoms with van der Waals surface area (Å²) in [6, 6.07) is 9.68. The number of hydrogen-bond acceptors (Lipinski definition) is 3. The Morgan fingerprint density at radius 1 is 1.19 bits per heavy atom. The number of amides is 1. The van der Waals surface area contributed by atoms with Gasteiger partial charge in [0.1, 0.15) is 0 Å². The Hall–Kier alpha value is -2.17. The van der Waals surface area contributed by atoms with Crippen LogP contribution in [0, 0.1) is 5.92 Å². The molecule has 0 fully saturated rings. The number of nitrogens with zero attached hydrogens (tertiary/aromatic N) is 3. The van der Waals surface area contributed by atoms with Crippen LogP contribution in [0.3, 0.4) is 0 Å². The van der Waals surface area contributed by atoms with Gasteiger partial charge in [-0.25, -0.2) is 0 Å². The molecule has 21 heavy (non-hydrogen) atoms. The maximum absolute atomic E-state index is 12.1. The Bertz CT molecular complexity index is 577. The van der Waals surface area contributed by atoms with Crippen LogP contribution in [-0.4, -0.2) is 26.9 Å². The lowest BCUT2D eigenvalue weighted by Gasteiger charge is -2.13. The molecule has 5 nitrogen and oxygen atoms in total. The van der Waals surface area contributed by atoms with E-state index in [1.54, 1.807) is 0 Å². The van der Waals surface area contributed by atoms with E-state index in [0.29, 0.717) is 11.6 Å². The third-order valence-corrected chi connectivity index (χ3v) is 3.27. The zero-order valence-electron chi connectivity index (χ0n) is 12.8. The van der Waals surface area contributed by atoms with Crippen LogP contribution < -0.4 is 5.32 Å². The van der Waals surface area contributed by atoms with Crippen molar-refractivity contribution in [3.8, 4) is 5.69 Å². The molecule has 0 aliphatic rings. The van der Waals surface area contributed by atoms with Crippen molar-refractivity contribution in [1.29, 1.82) is 0 Å². The molecular weight excluding hydrogens is 264 g/mol. The first-order valence-electron chi connectivity index (χ1n) is 7.35. The second-order valence-electron chi connectivity index (χ2n) is 5.70. The van der Waals surface area contributed by atoms with E-state index in [1.807, 2.05) is 37.3 Å². The zero-order valence-corrected chi connectivity index (χ0v) is 12.8. The first-order chi connectivity index (χ1) is 10.1. The van der Waals surface area contributed by atoms with Gasteiger partial charge in [0.2, 0.25) is 0 Å². The van der Waals surface area contributed by atoms with Crippen LogP contribution >= 0.6 is 0 Å². The van der Waals surface area contributed by atoms with Crippen LogP contribution in [0.2, 0.25) is 0 Å². The molecule has 1 amide bonds. The van der Waals surface area contributed by atoms with E-state index >= 15 is 0 Å². The summed E-state index contributed by atoms with van der Waals surface area (Å²) >= 11 is 0. The minimum absolute atomic E-state index is 0.141. The SMILES string of the molecule is CC(C)CCC(C)NC(=O)c1cnn(-c2ccccc2)n1. The number of para-hydroxylation sites is 1. The Balaban J connectivity index is 1.96. The molecule has 2 aromatic rings. The first kappa shape index (κ1) is 15.2. The molecule has 0 spiro atoms. The second-order valence-corrected chi connectivity index (χ2v) is 5.70. The number of benzene rings is 1. The van der Waals surface area contributed by atoms with Crippen molar-refractivity contribution in [3.05, 3.63) is 42.2 Å². The predicted octanol–water partition coefficient (Wildman–Crippen LogP) is 2.82. The number of rotatable bonds is 6. The van der Waals surface area contributed by atoms with Crippen molar-refractivity contribution in [2.75, 3.05) is 0 Å². The smallest absolute Gasteiger partial charge is 0.273 e. The van der Waals surface area contributed by atoms with Crippen molar-refractivity contribution >= 4 is 5.91 Å². The number of carbonyl (C=O) groups is 1. The fourth-order valence-electron chi connectivity index (χ4n) is 2.01. The van der Waals surface area contributed by atoms with E-state index in [0.717, 1.165) is 18.5 Å². The second kappa shape index (κ2) is 7.02. The molecule has 0 saturated carbocycles. The summed E-state index contributed by atoms with van der Waals surface area (Å²) in [6.07, 6.45) is 3.56. The van der Waals surface area contributed by atoms with Gasteiger partial charge in [0.05, 0.1) is 11.9 Å². The van der Waals surface area contributed by atoms with Gasteiger partial charge in [0, 0.05) is 6.04 Å². The zero-order chi connectivity index (χ0) is 15.2. The molecule has 2 rings (SSSR count). The van der Waals surface area contributed by atoms with Gasteiger partial charge in [0.15, 0.2) is 5.69 Å². The molecule has 0 radical (unpaired) electrons. The summed E-state index contributed by atoms with van der Waals surface area (Å²) in [7, 11) is 0. The highest BCUT2D eigenvalue weighted by Gasteiger charge is 2.14. The third kappa shape index (κ3) is 4.41. The van der Waals surface area contributed by atoms with E-state index in [-0.39, 0.29) is 11.9 Å². The minimum Gasteiger partial charge on any atom is -0.348 e. The van der Waals surface area contributed by atoms with Gasteiger partial charge in [-0.3, -0.25) is 4.79 Å². The molecule has 0 saturated heterocycles. The minimum atomic E-state index is -0.173. The summed E-state index contributed by atoms with van der Waals surface area (Å²) in [5, 5.41) is 11.3. The number of aromatic nitrogens is 3. The fourth-order valence-corrected chi connectivity index (χ4v) is 2.01. The molecule has 1 aromatic heterocycles. The average Bonchev–Trinajstić information content (AvgIpc) is 2.96. The molecule has 1 N–H and O–H groups in total.